The number of aromatic amines is 1. The van der Waals surface area contributed by atoms with E-state index in [0.29, 0.717) is 12.2 Å². The van der Waals surface area contributed by atoms with E-state index in [-0.39, 0.29) is 5.16 Å². The lowest BCUT2D eigenvalue weighted by Gasteiger charge is -1.84. The lowest BCUT2D eigenvalue weighted by atomic mass is 10.5. The minimum Gasteiger partial charge on any atom is -0.262 e. The Balaban J connectivity index is 3.09. The van der Waals surface area contributed by atoms with E-state index >= 15 is 0 Å². The molecule has 0 aliphatic heterocycles. The van der Waals surface area contributed by atoms with Crippen LogP contribution in [0.2, 0.25) is 0 Å². The van der Waals surface area contributed by atoms with Crippen molar-refractivity contribution < 1.29 is 8.42 Å². The van der Waals surface area contributed by atoms with Crippen molar-refractivity contribution in [3.8, 4) is 0 Å². The third-order valence-electron chi connectivity index (χ3n) is 1.18. The van der Waals surface area contributed by atoms with Crippen LogP contribution in [0.5, 0.6) is 0 Å². The average molecular weight is 175 g/mol. The second-order valence-electron chi connectivity index (χ2n) is 2.19. The molecule has 0 radical (unpaired) electrons. The summed E-state index contributed by atoms with van der Waals surface area (Å²) in [5, 5.41) is 5.93. The molecule has 1 N–H and O–H groups in total. The summed E-state index contributed by atoms with van der Waals surface area (Å²) < 4.78 is 21.6. The predicted octanol–water partition coefficient (Wildman–Crippen LogP) is -0.229. The highest BCUT2D eigenvalue weighted by molar-refractivity contribution is 7.90. The maximum Gasteiger partial charge on any atom is 0.266 e. The first-order valence-electron chi connectivity index (χ1n) is 3.15. The zero-order valence-electron chi connectivity index (χ0n) is 6.33. The molecule has 0 saturated carbocycles. The Labute approximate surface area is 64.8 Å². The van der Waals surface area contributed by atoms with Crippen LogP contribution in [0.15, 0.2) is 5.16 Å². The Hall–Kier alpha value is -0.910. The van der Waals surface area contributed by atoms with E-state index in [1.807, 2.05) is 6.92 Å². The van der Waals surface area contributed by atoms with Crippen LogP contribution >= 0.6 is 0 Å². The molecule has 0 aromatic carbocycles. The molecule has 0 fully saturated rings. The van der Waals surface area contributed by atoms with Crippen LogP contribution in [-0.4, -0.2) is 29.9 Å². The molecule has 1 heterocycles. The molecule has 62 valence electrons. The lowest BCUT2D eigenvalue weighted by Crippen LogP contribution is -1.99. The fourth-order valence-corrected chi connectivity index (χ4v) is 1.09. The van der Waals surface area contributed by atoms with E-state index in [1.165, 1.54) is 0 Å². The van der Waals surface area contributed by atoms with Crippen molar-refractivity contribution >= 4 is 9.84 Å². The molecule has 0 aliphatic rings. The number of hydrogen-bond donors (Lipinski definition) is 1. The Morgan fingerprint density at radius 3 is 2.45 bits per heavy atom. The number of aryl methyl sites for hydroxylation is 1. The van der Waals surface area contributed by atoms with E-state index in [2.05, 4.69) is 15.2 Å². The average Bonchev–Trinajstić information content (AvgIpc) is 2.32. The van der Waals surface area contributed by atoms with Gasteiger partial charge in [0, 0.05) is 12.7 Å². The Morgan fingerprint density at radius 1 is 1.55 bits per heavy atom. The predicted molar refractivity (Wildman–Crippen MR) is 38.9 cm³/mol. The zero-order valence-corrected chi connectivity index (χ0v) is 7.14. The normalized spacial score (nSPS) is 11.8. The molecule has 5 nitrogen and oxygen atoms in total. The van der Waals surface area contributed by atoms with Crippen LogP contribution in [0.4, 0.5) is 0 Å². The second kappa shape index (κ2) is 2.61. The van der Waals surface area contributed by atoms with Gasteiger partial charge in [-0.05, 0) is 0 Å². The van der Waals surface area contributed by atoms with Crippen LogP contribution in [0.25, 0.3) is 0 Å². The SMILES string of the molecule is CCc1nc(S(C)(=O)=O)n[nH]1. The summed E-state index contributed by atoms with van der Waals surface area (Å²) in [5.74, 6) is 0.588. The van der Waals surface area contributed by atoms with E-state index < -0.39 is 9.84 Å². The number of rotatable bonds is 2. The third-order valence-corrected chi connectivity index (χ3v) is 2.02. The van der Waals surface area contributed by atoms with Crippen LogP contribution < -0.4 is 0 Å². The van der Waals surface area contributed by atoms with Crippen LogP contribution in [0, 0.1) is 0 Å². The minimum atomic E-state index is -3.25. The first-order valence-corrected chi connectivity index (χ1v) is 5.04. The summed E-state index contributed by atoms with van der Waals surface area (Å²) >= 11 is 0. The third kappa shape index (κ3) is 1.76. The molecule has 1 rings (SSSR count). The summed E-state index contributed by atoms with van der Waals surface area (Å²) in [5.41, 5.74) is 0. The van der Waals surface area contributed by atoms with Crippen molar-refractivity contribution in [2.75, 3.05) is 6.26 Å². The first-order chi connectivity index (χ1) is 5.04. The molecule has 0 aliphatic carbocycles. The molecule has 6 heteroatoms. The highest BCUT2D eigenvalue weighted by atomic mass is 32.2. The van der Waals surface area contributed by atoms with Gasteiger partial charge in [-0.15, -0.1) is 5.10 Å². The molecule has 0 saturated heterocycles. The molecule has 0 atom stereocenters. The molecule has 1 aromatic rings. The fourth-order valence-electron chi connectivity index (χ4n) is 0.602. The van der Waals surface area contributed by atoms with Gasteiger partial charge in [0.05, 0.1) is 0 Å². The highest BCUT2D eigenvalue weighted by Crippen LogP contribution is 2.00. The summed E-state index contributed by atoms with van der Waals surface area (Å²) in [6, 6.07) is 0. The Morgan fingerprint density at radius 2 is 2.18 bits per heavy atom. The Bertz CT molecular complexity index is 340. The van der Waals surface area contributed by atoms with E-state index in [1.54, 1.807) is 0 Å². The molecule has 0 bridgehead atoms. The molecule has 0 spiro atoms. The molecular formula is C5H9N3O2S. The van der Waals surface area contributed by atoms with Gasteiger partial charge in [0.2, 0.25) is 9.84 Å². The van der Waals surface area contributed by atoms with Crippen molar-refractivity contribution in [3.05, 3.63) is 5.82 Å². The molecule has 0 unspecified atom stereocenters. The van der Waals surface area contributed by atoms with Crippen molar-refractivity contribution in [1.82, 2.24) is 15.2 Å². The lowest BCUT2D eigenvalue weighted by molar-refractivity contribution is 0.593. The quantitative estimate of drug-likeness (QED) is 0.673. The Kier molecular flexibility index (Phi) is 1.95. The van der Waals surface area contributed by atoms with Crippen molar-refractivity contribution in [2.24, 2.45) is 0 Å². The molecule has 1 aromatic heterocycles. The number of H-pyrrole nitrogens is 1. The monoisotopic (exact) mass is 175 g/mol. The van der Waals surface area contributed by atoms with E-state index in [9.17, 15) is 8.42 Å². The smallest absolute Gasteiger partial charge is 0.262 e. The van der Waals surface area contributed by atoms with Gasteiger partial charge in [-0.1, -0.05) is 6.92 Å². The maximum absolute atomic E-state index is 10.8. The van der Waals surface area contributed by atoms with Gasteiger partial charge in [0.15, 0.2) is 0 Å². The van der Waals surface area contributed by atoms with Crippen LogP contribution in [0.1, 0.15) is 12.7 Å². The second-order valence-corrected chi connectivity index (χ2v) is 4.10. The zero-order chi connectivity index (χ0) is 8.48. The van der Waals surface area contributed by atoms with Gasteiger partial charge in [0.1, 0.15) is 5.82 Å². The fraction of sp³-hybridized carbons (Fsp3) is 0.600. The maximum atomic E-state index is 10.8. The van der Waals surface area contributed by atoms with Gasteiger partial charge in [0.25, 0.3) is 5.16 Å². The van der Waals surface area contributed by atoms with Crippen LogP contribution in [0.3, 0.4) is 0 Å². The first kappa shape index (κ1) is 8.19. The van der Waals surface area contributed by atoms with Gasteiger partial charge < -0.3 is 0 Å². The molecular weight excluding hydrogens is 166 g/mol. The highest BCUT2D eigenvalue weighted by Gasteiger charge is 2.12. The van der Waals surface area contributed by atoms with Gasteiger partial charge >= 0.3 is 0 Å². The number of aromatic nitrogens is 3. The summed E-state index contributed by atoms with van der Waals surface area (Å²) in [7, 11) is -3.25. The summed E-state index contributed by atoms with van der Waals surface area (Å²) in [6.07, 6.45) is 1.73. The van der Waals surface area contributed by atoms with Crippen molar-refractivity contribution in [3.63, 3.8) is 0 Å². The van der Waals surface area contributed by atoms with Gasteiger partial charge in [-0.3, -0.25) is 5.10 Å². The topological polar surface area (TPSA) is 75.7 Å². The largest absolute Gasteiger partial charge is 0.266 e. The van der Waals surface area contributed by atoms with E-state index in [4.69, 9.17) is 0 Å². The van der Waals surface area contributed by atoms with Crippen molar-refractivity contribution in [1.29, 1.82) is 0 Å². The standard InChI is InChI=1S/C5H9N3O2S/c1-3-4-6-5(8-7-4)11(2,9)10/h3H2,1-2H3,(H,6,7,8). The summed E-state index contributed by atoms with van der Waals surface area (Å²) in [4.78, 5) is 3.75. The molecule has 0 amide bonds. The van der Waals surface area contributed by atoms with E-state index in [0.717, 1.165) is 6.26 Å². The summed E-state index contributed by atoms with van der Waals surface area (Å²) in [6.45, 7) is 1.87. The van der Waals surface area contributed by atoms with Gasteiger partial charge in [-0.25, -0.2) is 13.4 Å². The molecule has 11 heavy (non-hydrogen) atoms. The van der Waals surface area contributed by atoms with Crippen LogP contribution in [-0.2, 0) is 16.3 Å². The van der Waals surface area contributed by atoms with Crippen molar-refractivity contribution in [2.45, 2.75) is 18.5 Å². The number of sulfone groups is 1. The van der Waals surface area contributed by atoms with Gasteiger partial charge in [-0.2, -0.15) is 0 Å². The number of nitrogens with one attached hydrogen (secondary N) is 1. The minimum absolute atomic E-state index is 0.130. The number of nitrogens with zero attached hydrogens (tertiary/aromatic N) is 2. The number of hydrogen-bond acceptors (Lipinski definition) is 4.